The molecular formula is C35H29ClF3N3O5. The van der Waals surface area contributed by atoms with Gasteiger partial charge in [0.05, 0.1) is 23.3 Å². The van der Waals surface area contributed by atoms with E-state index in [-0.39, 0.29) is 35.4 Å². The van der Waals surface area contributed by atoms with Crippen LogP contribution in [0.4, 0.5) is 18.9 Å². The molecular weight excluding hydrogens is 635 g/mol. The first-order valence-electron chi connectivity index (χ1n) is 15.2. The second kappa shape index (κ2) is 12.4. The summed E-state index contributed by atoms with van der Waals surface area (Å²) in [4.78, 5) is 18.7. The quantitative estimate of drug-likeness (QED) is 0.137. The van der Waals surface area contributed by atoms with Crippen LogP contribution in [0.25, 0.3) is 22.2 Å². The summed E-state index contributed by atoms with van der Waals surface area (Å²) < 4.78 is 60.4. The van der Waals surface area contributed by atoms with Crippen LogP contribution in [0.3, 0.4) is 0 Å². The van der Waals surface area contributed by atoms with E-state index in [0.717, 1.165) is 48.1 Å². The van der Waals surface area contributed by atoms with Gasteiger partial charge >= 0.3 is 12.3 Å². The third-order valence-electron chi connectivity index (χ3n) is 8.36. The van der Waals surface area contributed by atoms with E-state index in [9.17, 15) is 18.0 Å². The topological polar surface area (TPSA) is 86.9 Å². The maximum Gasteiger partial charge on any atom is 0.573 e. The normalized spacial score (nSPS) is 15.0. The van der Waals surface area contributed by atoms with Gasteiger partial charge in [-0.2, -0.15) is 0 Å². The predicted molar refractivity (Wildman–Crippen MR) is 169 cm³/mol. The highest BCUT2D eigenvalue weighted by Crippen LogP contribution is 2.46. The van der Waals surface area contributed by atoms with Gasteiger partial charge in [-0.1, -0.05) is 41.0 Å². The van der Waals surface area contributed by atoms with Crippen molar-refractivity contribution in [1.82, 2.24) is 10.1 Å². The van der Waals surface area contributed by atoms with E-state index in [1.807, 2.05) is 30.3 Å². The molecule has 0 N–H and O–H groups in total. The molecule has 1 saturated heterocycles. The molecule has 1 aliphatic heterocycles. The zero-order valence-corrected chi connectivity index (χ0v) is 26.0. The molecule has 3 aromatic carbocycles. The molecule has 12 heteroatoms. The Hall–Kier alpha value is -4.77. The van der Waals surface area contributed by atoms with Crippen molar-refractivity contribution in [3.8, 4) is 22.8 Å². The Morgan fingerprint density at radius 3 is 2.60 bits per heavy atom. The van der Waals surface area contributed by atoms with E-state index in [1.165, 1.54) is 24.4 Å². The lowest BCUT2D eigenvalue weighted by Gasteiger charge is -2.41. The summed E-state index contributed by atoms with van der Waals surface area (Å²) in [5.41, 5.74) is 4.25. The fraction of sp³-hybridized carbons (Fsp3) is 0.286. The number of alkyl halides is 3. The number of para-hydroxylation sites is 1. The van der Waals surface area contributed by atoms with Crippen molar-refractivity contribution >= 4 is 34.2 Å². The van der Waals surface area contributed by atoms with Gasteiger partial charge in [0, 0.05) is 52.8 Å². The summed E-state index contributed by atoms with van der Waals surface area (Å²) in [6.45, 7) is 3.64. The number of hydrogen-bond donors (Lipinski definition) is 0. The molecule has 5 aromatic rings. The fourth-order valence-electron chi connectivity index (χ4n) is 5.82. The van der Waals surface area contributed by atoms with Crippen molar-refractivity contribution in [2.45, 2.75) is 44.6 Å². The van der Waals surface area contributed by atoms with Crippen molar-refractivity contribution in [2.75, 3.05) is 24.6 Å². The Morgan fingerprint density at radius 1 is 1.04 bits per heavy atom. The number of carbonyl (C=O) groups is 1. The maximum atomic E-state index is 13.1. The van der Waals surface area contributed by atoms with Gasteiger partial charge in [0.1, 0.15) is 29.6 Å². The molecule has 2 fully saturated rings. The summed E-state index contributed by atoms with van der Waals surface area (Å²) in [7, 11) is 0. The molecule has 2 aliphatic rings. The number of anilines is 1. The molecule has 1 saturated carbocycles. The number of ether oxygens (including phenoxy) is 3. The number of rotatable bonds is 10. The average molecular weight is 664 g/mol. The summed E-state index contributed by atoms with van der Waals surface area (Å²) in [6, 6.07) is 19.1. The number of fused-ring (bicyclic) bond motifs is 1. The Morgan fingerprint density at radius 2 is 1.85 bits per heavy atom. The van der Waals surface area contributed by atoms with Crippen LogP contribution in [-0.4, -0.2) is 42.2 Å². The number of benzene rings is 3. The second-order valence-electron chi connectivity index (χ2n) is 11.6. The van der Waals surface area contributed by atoms with Crippen molar-refractivity contribution in [3.63, 3.8) is 0 Å². The van der Waals surface area contributed by atoms with E-state index in [0.29, 0.717) is 34.3 Å². The highest BCUT2D eigenvalue weighted by Gasteiger charge is 2.36. The highest BCUT2D eigenvalue weighted by atomic mass is 35.5. The molecule has 0 amide bonds. The molecule has 0 bridgehead atoms. The lowest BCUT2D eigenvalue weighted by atomic mass is 9.90. The number of hydrogen-bond acceptors (Lipinski definition) is 8. The summed E-state index contributed by atoms with van der Waals surface area (Å²) in [5, 5.41) is 5.56. The van der Waals surface area contributed by atoms with Gasteiger partial charge < -0.3 is 23.6 Å². The Labute approximate surface area is 273 Å². The number of aromatic nitrogens is 2. The van der Waals surface area contributed by atoms with E-state index in [1.54, 1.807) is 25.1 Å². The number of pyridine rings is 1. The first-order valence-corrected chi connectivity index (χ1v) is 15.6. The molecule has 3 heterocycles. The third kappa shape index (κ3) is 6.58. The van der Waals surface area contributed by atoms with Crippen molar-refractivity contribution in [2.24, 2.45) is 0 Å². The minimum absolute atomic E-state index is 0.0369. The summed E-state index contributed by atoms with van der Waals surface area (Å²) in [6.07, 6.45) is -1.50. The smallest absolute Gasteiger partial charge is 0.489 e. The third-order valence-corrected chi connectivity index (χ3v) is 8.68. The van der Waals surface area contributed by atoms with Gasteiger partial charge in [-0.15, -0.1) is 13.2 Å². The molecule has 47 heavy (non-hydrogen) atoms. The lowest BCUT2D eigenvalue weighted by molar-refractivity contribution is -0.274. The average Bonchev–Trinajstić information content (AvgIpc) is 3.78. The number of esters is 1. The molecule has 0 atom stereocenters. The molecule has 7 rings (SSSR count). The Balaban J connectivity index is 1.03. The molecule has 8 nitrogen and oxygen atoms in total. The standard InChI is InChI=1S/C35H29ClF3N3O5/c1-2-44-34(43)22-13-21-9-10-24(14-30(21)40-16-22)42-17-23(18-42)26-12-11-25(15-29(26)36)45-19-28-32(41-47-33(28)20-7-8-20)27-5-3-4-6-31(27)46-35(37,38)39/h3-6,9-16,20,23H,2,7-8,17-19H2,1H3. The van der Waals surface area contributed by atoms with E-state index in [4.69, 9.17) is 25.6 Å². The molecule has 242 valence electrons. The SMILES string of the molecule is CCOC(=O)c1cnc2cc(N3CC(c4ccc(OCc5c(-c6ccccc6OC(F)(F)F)noc5C5CC5)cc4Cl)C3)ccc2c1. The van der Waals surface area contributed by atoms with Crippen molar-refractivity contribution in [1.29, 1.82) is 0 Å². The predicted octanol–water partition coefficient (Wildman–Crippen LogP) is 8.68. The van der Waals surface area contributed by atoms with E-state index < -0.39 is 12.3 Å². The van der Waals surface area contributed by atoms with Crippen molar-refractivity contribution < 1.29 is 36.7 Å². The highest BCUT2D eigenvalue weighted by molar-refractivity contribution is 6.31. The minimum Gasteiger partial charge on any atom is -0.489 e. The molecule has 0 unspecified atom stereocenters. The minimum atomic E-state index is -4.85. The van der Waals surface area contributed by atoms with Crippen LogP contribution >= 0.6 is 11.6 Å². The van der Waals surface area contributed by atoms with Gasteiger partial charge in [0.25, 0.3) is 0 Å². The Bertz CT molecular complexity index is 1950. The van der Waals surface area contributed by atoms with Crippen LogP contribution in [0, 0.1) is 0 Å². The van der Waals surface area contributed by atoms with Gasteiger partial charge in [0.2, 0.25) is 0 Å². The number of halogens is 4. The van der Waals surface area contributed by atoms with Crippen LogP contribution in [0.1, 0.15) is 58.8 Å². The Kier molecular flexibility index (Phi) is 8.17. The van der Waals surface area contributed by atoms with Gasteiger partial charge in [-0.25, -0.2) is 4.79 Å². The van der Waals surface area contributed by atoms with Gasteiger partial charge in [-0.3, -0.25) is 4.98 Å². The molecule has 1 aliphatic carbocycles. The number of carbonyl (C=O) groups excluding carboxylic acids is 1. The van der Waals surface area contributed by atoms with Crippen LogP contribution in [0.15, 0.2) is 77.4 Å². The van der Waals surface area contributed by atoms with Crippen LogP contribution in [0.2, 0.25) is 5.02 Å². The summed E-state index contributed by atoms with van der Waals surface area (Å²) in [5.74, 6) is 0.744. The van der Waals surface area contributed by atoms with Crippen LogP contribution in [0.5, 0.6) is 11.5 Å². The molecule has 0 radical (unpaired) electrons. The largest absolute Gasteiger partial charge is 0.573 e. The summed E-state index contributed by atoms with van der Waals surface area (Å²) >= 11 is 6.73. The second-order valence-corrected chi connectivity index (χ2v) is 12.0. The monoisotopic (exact) mass is 663 g/mol. The molecule has 2 aromatic heterocycles. The number of nitrogens with zero attached hydrogens (tertiary/aromatic N) is 3. The maximum absolute atomic E-state index is 13.1. The first kappa shape index (κ1) is 30.9. The lowest BCUT2D eigenvalue weighted by Crippen LogP contribution is -2.45. The van der Waals surface area contributed by atoms with E-state index >= 15 is 0 Å². The zero-order valence-electron chi connectivity index (χ0n) is 25.2. The van der Waals surface area contributed by atoms with Crippen LogP contribution < -0.4 is 14.4 Å². The van der Waals surface area contributed by atoms with Crippen molar-refractivity contribution in [3.05, 3.63) is 100 Å². The molecule has 0 spiro atoms. The van der Waals surface area contributed by atoms with E-state index in [2.05, 4.69) is 19.8 Å². The van der Waals surface area contributed by atoms with Gasteiger partial charge in [0.15, 0.2) is 0 Å². The zero-order chi connectivity index (χ0) is 32.7. The van der Waals surface area contributed by atoms with Crippen LogP contribution in [-0.2, 0) is 11.3 Å². The fourth-order valence-corrected chi connectivity index (χ4v) is 6.14. The van der Waals surface area contributed by atoms with Gasteiger partial charge in [-0.05, 0) is 67.8 Å². The first-order chi connectivity index (χ1) is 22.7.